The summed E-state index contributed by atoms with van der Waals surface area (Å²) in [4.78, 5) is 16.3. The third kappa shape index (κ3) is 3.54. The number of methoxy groups -OCH3 is 1. The van der Waals surface area contributed by atoms with Gasteiger partial charge in [0.15, 0.2) is 5.13 Å². The molecule has 0 fully saturated rings. The first-order valence-corrected chi connectivity index (χ1v) is 9.04. The fraction of sp³-hybridized carbons (Fsp3) is 0.385. The zero-order chi connectivity index (χ0) is 16.5. The van der Waals surface area contributed by atoms with Gasteiger partial charge in [0.1, 0.15) is 11.3 Å². The molecule has 1 aromatic heterocycles. The Kier molecular flexibility index (Phi) is 4.69. The van der Waals surface area contributed by atoms with Crippen molar-refractivity contribution in [2.45, 2.75) is 6.92 Å². The number of ether oxygens (including phenoxy) is 1. The smallest absolute Gasteiger partial charge is 0.241 e. The van der Waals surface area contributed by atoms with E-state index < -0.39 is 15.9 Å². The normalized spacial score (nSPS) is 11.9. The van der Waals surface area contributed by atoms with Crippen LogP contribution >= 0.6 is 11.3 Å². The molecule has 0 saturated carbocycles. The quantitative estimate of drug-likeness (QED) is 0.887. The van der Waals surface area contributed by atoms with Crippen LogP contribution in [0.25, 0.3) is 10.2 Å². The highest BCUT2D eigenvalue weighted by Crippen LogP contribution is 2.34. The van der Waals surface area contributed by atoms with Gasteiger partial charge >= 0.3 is 0 Å². The molecule has 0 radical (unpaired) electrons. The standard InChI is InChI=1S/C13H17N3O4S2/c1-8-5-6-9(20-3)11-12(8)21-13(15-11)14-10(17)7-16(2)22(4,18)19/h5-6H,7H2,1-4H3,(H,14,15,17). The first kappa shape index (κ1) is 16.7. The lowest BCUT2D eigenvalue weighted by Crippen LogP contribution is -2.34. The number of nitrogens with one attached hydrogen (secondary N) is 1. The highest BCUT2D eigenvalue weighted by Gasteiger charge is 2.17. The molecule has 0 atom stereocenters. The maximum absolute atomic E-state index is 11.9. The molecule has 0 bridgehead atoms. The molecular formula is C13H17N3O4S2. The Morgan fingerprint density at radius 2 is 2.14 bits per heavy atom. The number of likely N-dealkylation sites (N-methyl/N-ethyl adjacent to an activating group) is 1. The molecular weight excluding hydrogens is 326 g/mol. The van der Waals surface area contributed by atoms with Gasteiger partial charge in [-0.3, -0.25) is 4.79 Å². The maximum Gasteiger partial charge on any atom is 0.241 e. The van der Waals surface area contributed by atoms with Crippen molar-refractivity contribution in [1.82, 2.24) is 9.29 Å². The summed E-state index contributed by atoms with van der Waals surface area (Å²) in [6.45, 7) is 1.69. The van der Waals surface area contributed by atoms with Crippen LogP contribution < -0.4 is 10.1 Å². The van der Waals surface area contributed by atoms with Crippen LogP contribution in [0, 0.1) is 6.92 Å². The summed E-state index contributed by atoms with van der Waals surface area (Å²) in [5, 5.41) is 3.03. The summed E-state index contributed by atoms with van der Waals surface area (Å²) in [5.41, 5.74) is 1.71. The molecule has 2 aromatic rings. The van der Waals surface area contributed by atoms with Crippen molar-refractivity contribution in [3.05, 3.63) is 17.7 Å². The van der Waals surface area contributed by atoms with E-state index in [1.54, 1.807) is 7.11 Å². The van der Waals surface area contributed by atoms with Crippen LogP contribution in [-0.4, -0.2) is 50.6 Å². The lowest BCUT2D eigenvalue weighted by atomic mass is 10.2. The van der Waals surface area contributed by atoms with Gasteiger partial charge < -0.3 is 10.1 Å². The number of rotatable bonds is 5. The molecule has 1 amide bonds. The Morgan fingerprint density at radius 3 is 2.73 bits per heavy atom. The number of hydrogen-bond donors (Lipinski definition) is 1. The Morgan fingerprint density at radius 1 is 1.45 bits per heavy atom. The topological polar surface area (TPSA) is 88.6 Å². The second-order valence-corrected chi connectivity index (χ2v) is 7.94. The molecule has 0 aliphatic rings. The predicted molar refractivity (Wildman–Crippen MR) is 87.0 cm³/mol. The summed E-state index contributed by atoms with van der Waals surface area (Å²) < 4.78 is 29.8. The largest absolute Gasteiger partial charge is 0.494 e. The van der Waals surface area contributed by atoms with Crippen LogP contribution in [0.3, 0.4) is 0 Å². The van der Waals surface area contributed by atoms with Crippen LogP contribution in [0.4, 0.5) is 5.13 Å². The average molecular weight is 343 g/mol. The minimum atomic E-state index is -3.40. The minimum Gasteiger partial charge on any atom is -0.494 e. The molecule has 1 aromatic carbocycles. The number of fused-ring (bicyclic) bond motifs is 1. The van der Waals surface area contributed by atoms with Crippen LogP contribution in [-0.2, 0) is 14.8 Å². The number of hydrogen-bond acceptors (Lipinski definition) is 6. The van der Waals surface area contributed by atoms with E-state index in [0.29, 0.717) is 16.4 Å². The second-order valence-electron chi connectivity index (χ2n) is 4.85. The van der Waals surface area contributed by atoms with Crippen LogP contribution in [0.15, 0.2) is 12.1 Å². The second kappa shape index (κ2) is 6.19. The van der Waals surface area contributed by atoms with Gasteiger partial charge in [-0.15, -0.1) is 0 Å². The number of nitrogens with zero attached hydrogens (tertiary/aromatic N) is 2. The fourth-order valence-electron chi connectivity index (χ4n) is 1.81. The zero-order valence-electron chi connectivity index (χ0n) is 12.7. The van der Waals surface area contributed by atoms with E-state index in [-0.39, 0.29) is 6.54 Å². The van der Waals surface area contributed by atoms with Crippen LogP contribution in [0.2, 0.25) is 0 Å². The molecule has 7 nitrogen and oxygen atoms in total. The van der Waals surface area contributed by atoms with Crippen molar-refractivity contribution in [3.63, 3.8) is 0 Å². The Labute approximate surface area is 133 Å². The summed E-state index contributed by atoms with van der Waals surface area (Å²) in [6, 6.07) is 3.74. The molecule has 0 unspecified atom stereocenters. The number of anilines is 1. The predicted octanol–water partition coefficient (Wildman–Crippen LogP) is 1.44. The molecule has 0 spiro atoms. The highest BCUT2D eigenvalue weighted by molar-refractivity contribution is 7.88. The van der Waals surface area contributed by atoms with Gasteiger partial charge in [0.2, 0.25) is 15.9 Å². The third-order valence-electron chi connectivity index (χ3n) is 3.10. The van der Waals surface area contributed by atoms with Gasteiger partial charge in [0.05, 0.1) is 24.6 Å². The summed E-state index contributed by atoms with van der Waals surface area (Å²) in [5.74, 6) is 0.189. The first-order valence-electron chi connectivity index (χ1n) is 6.37. The monoisotopic (exact) mass is 343 g/mol. The number of amides is 1. The van der Waals surface area contributed by atoms with Crippen molar-refractivity contribution in [2.24, 2.45) is 0 Å². The van der Waals surface area contributed by atoms with Crippen LogP contribution in [0.1, 0.15) is 5.56 Å². The molecule has 2 rings (SSSR count). The molecule has 9 heteroatoms. The fourth-order valence-corrected chi connectivity index (χ4v) is 3.13. The van der Waals surface area contributed by atoms with Gasteiger partial charge in [-0.1, -0.05) is 17.4 Å². The number of benzene rings is 1. The van der Waals surface area contributed by atoms with E-state index >= 15 is 0 Å². The third-order valence-corrected chi connectivity index (χ3v) is 5.47. The molecule has 120 valence electrons. The number of aromatic nitrogens is 1. The van der Waals surface area contributed by atoms with E-state index in [1.807, 2.05) is 19.1 Å². The van der Waals surface area contributed by atoms with E-state index in [9.17, 15) is 13.2 Å². The van der Waals surface area contributed by atoms with Crippen molar-refractivity contribution in [3.8, 4) is 5.75 Å². The van der Waals surface area contributed by atoms with Gasteiger partial charge in [-0.25, -0.2) is 13.4 Å². The highest BCUT2D eigenvalue weighted by atomic mass is 32.2. The Hall–Kier alpha value is -1.71. The lowest BCUT2D eigenvalue weighted by Gasteiger charge is -2.12. The first-order chi connectivity index (χ1) is 10.2. The molecule has 0 saturated heterocycles. The van der Waals surface area contributed by atoms with Crippen molar-refractivity contribution in [2.75, 3.05) is 32.3 Å². The van der Waals surface area contributed by atoms with Crippen molar-refractivity contribution >= 4 is 42.6 Å². The number of carbonyl (C=O) groups is 1. The van der Waals surface area contributed by atoms with Gasteiger partial charge in [0.25, 0.3) is 0 Å². The molecule has 1 N–H and O–H groups in total. The van der Waals surface area contributed by atoms with Gasteiger partial charge in [-0.2, -0.15) is 4.31 Å². The zero-order valence-corrected chi connectivity index (χ0v) is 14.3. The molecule has 0 aliphatic carbocycles. The van der Waals surface area contributed by atoms with Gasteiger partial charge in [-0.05, 0) is 18.6 Å². The molecule has 22 heavy (non-hydrogen) atoms. The van der Waals surface area contributed by atoms with E-state index in [0.717, 1.165) is 20.8 Å². The Bertz CT molecular complexity index is 814. The minimum absolute atomic E-state index is 0.259. The number of carbonyl (C=O) groups excluding carboxylic acids is 1. The average Bonchev–Trinajstić information content (AvgIpc) is 2.82. The molecule has 1 heterocycles. The SMILES string of the molecule is COc1ccc(C)c2sc(NC(=O)CN(C)S(C)(=O)=O)nc12. The van der Waals surface area contributed by atoms with Crippen molar-refractivity contribution in [1.29, 1.82) is 0 Å². The van der Waals surface area contributed by atoms with Crippen molar-refractivity contribution < 1.29 is 17.9 Å². The molecule has 0 aliphatic heterocycles. The number of sulfonamides is 1. The van der Waals surface area contributed by atoms with E-state index in [2.05, 4.69) is 10.3 Å². The van der Waals surface area contributed by atoms with Crippen LogP contribution in [0.5, 0.6) is 5.75 Å². The summed E-state index contributed by atoms with van der Waals surface area (Å²) in [6.07, 6.45) is 1.05. The summed E-state index contributed by atoms with van der Waals surface area (Å²) >= 11 is 1.33. The van der Waals surface area contributed by atoms with E-state index in [1.165, 1.54) is 18.4 Å². The number of thiazole rings is 1. The van der Waals surface area contributed by atoms with Gasteiger partial charge in [0, 0.05) is 7.05 Å². The lowest BCUT2D eigenvalue weighted by molar-refractivity contribution is -0.116. The Balaban J connectivity index is 2.22. The van der Waals surface area contributed by atoms with E-state index in [4.69, 9.17) is 4.74 Å². The maximum atomic E-state index is 11.9. The summed E-state index contributed by atoms with van der Waals surface area (Å²) in [7, 11) is -0.491. The number of aryl methyl sites for hydroxylation is 1.